The minimum atomic E-state index is 0.488. The lowest BCUT2D eigenvalue weighted by Crippen LogP contribution is -2.04. The third-order valence-electron chi connectivity index (χ3n) is 4.24. The number of benzene rings is 1. The fraction of sp³-hybridized carbons (Fsp3) is 0.381. The molecule has 0 atom stereocenters. The van der Waals surface area contributed by atoms with Crippen LogP contribution in [0, 0.1) is 0 Å². The van der Waals surface area contributed by atoms with E-state index in [2.05, 4.69) is 45.2 Å². The van der Waals surface area contributed by atoms with Crippen molar-refractivity contribution in [2.45, 2.75) is 45.4 Å². The van der Waals surface area contributed by atoms with Crippen LogP contribution in [0.5, 0.6) is 0 Å². The first-order valence-corrected chi connectivity index (χ1v) is 9.45. The maximum atomic E-state index is 5.57. The van der Waals surface area contributed by atoms with Crippen LogP contribution >= 0.6 is 0 Å². The summed E-state index contributed by atoms with van der Waals surface area (Å²) in [7, 11) is 0. The molecule has 27 heavy (non-hydrogen) atoms. The van der Waals surface area contributed by atoms with E-state index < -0.39 is 0 Å². The van der Waals surface area contributed by atoms with Crippen molar-refractivity contribution in [3.05, 3.63) is 53.4 Å². The molecular weight excluding hydrogens is 336 g/mol. The monoisotopic (exact) mass is 366 g/mol. The van der Waals surface area contributed by atoms with Crippen molar-refractivity contribution < 1.29 is 0 Å². The van der Waals surface area contributed by atoms with Crippen molar-refractivity contribution in [1.29, 1.82) is 0 Å². The number of anilines is 1. The zero-order valence-corrected chi connectivity index (χ0v) is 16.1. The molecule has 0 saturated heterocycles. The summed E-state index contributed by atoms with van der Waals surface area (Å²) in [6.45, 7) is 2.73. The fourth-order valence-corrected chi connectivity index (χ4v) is 2.82. The lowest BCUT2D eigenvalue weighted by Gasteiger charge is -2.02. The van der Waals surface area contributed by atoms with Crippen LogP contribution in [0.15, 0.2) is 52.2 Å². The molecule has 5 N–H and O–H groups in total. The van der Waals surface area contributed by atoms with Gasteiger partial charge in [-0.3, -0.25) is 4.99 Å². The van der Waals surface area contributed by atoms with Crippen molar-refractivity contribution in [3.63, 3.8) is 0 Å². The van der Waals surface area contributed by atoms with Gasteiger partial charge in [0.1, 0.15) is 0 Å². The number of nitrogen functional groups attached to an aromatic ring is 1. The molecule has 0 aliphatic rings. The Morgan fingerprint density at radius 1 is 1.15 bits per heavy atom. The minimum Gasteiger partial charge on any atom is -0.369 e. The van der Waals surface area contributed by atoms with Gasteiger partial charge in [0.2, 0.25) is 0 Å². The van der Waals surface area contributed by atoms with Gasteiger partial charge in [0.15, 0.2) is 5.95 Å². The number of rotatable bonds is 11. The van der Waals surface area contributed by atoms with Crippen LogP contribution in [0.4, 0.5) is 5.95 Å². The van der Waals surface area contributed by atoms with E-state index in [9.17, 15) is 0 Å². The molecule has 144 valence electrons. The van der Waals surface area contributed by atoms with Crippen LogP contribution in [0.3, 0.4) is 0 Å². The predicted octanol–water partition coefficient (Wildman–Crippen LogP) is 3.97. The highest BCUT2D eigenvalue weighted by Gasteiger charge is 1.99. The number of hydrogen-bond acceptors (Lipinski definition) is 5. The Labute approximate surface area is 161 Å². The number of aromatic amines is 1. The Morgan fingerprint density at radius 2 is 1.93 bits per heavy atom. The molecule has 0 aliphatic heterocycles. The summed E-state index contributed by atoms with van der Waals surface area (Å²) >= 11 is 0. The topological polar surface area (TPSA) is 105 Å². The zero-order valence-electron chi connectivity index (χ0n) is 16.1. The first-order valence-electron chi connectivity index (χ1n) is 9.45. The second-order valence-electron chi connectivity index (χ2n) is 6.70. The number of imidazole rings is 1. The van der Waals surface area contributed by atoms with Crippen LogP contribution in [-0.4, -0.2) is 28.4 Å². The van der Waals surface area contributed by atoms with Gasteiger partial charge in [-0.25, -0.2) is 4.98 Å². The van der Waals surface area contributed by atoms with Gasteiger partial charge >= 0.3 is 0 Å². The summed E-state index contributed by atoms with van der Waals surface area (Å²) in [6.07, 6.45) is 12.1. The summed E-state index contributed by atoms with van der Waals surface area (Å²) in [5, 5.41) is 3.86. The van der Waals surface area contributed by atoms with E-state index in [1.165, 1.54) is 11.1 Å². The Balaban J connectivity index is 1.62. The van der Waals surface area contributed by atoms with E-state index >= 15 is 0 Å². The summed E-state index contributed by atoms with van der Waals surface area (Å²) in [6, 6.07) is 10.3. The fourth-order valence-electron chi connectivity index (χ4n) is 2.82. The molecule has 0 saturated carbocycles. The maximum absolute atomic E-state index is 5.57. The van der Waals surface area contributed by atoms with Gasteiger partial charge in [0.25, 0.3) is 0 Å². The number of unbranched alkanes of at least 4 members (excludes halogenated alkanes) is 3. The molecule has 0 bridgehead atoms. The number of aryl methyl sites for hydroxylation is 1. The second-order valence-corrected chi connectivity index (χ2v) is 6.70. The average molecular weight is 367 g/mol. The molecule has 1 aromatic heterocycles. The van der Waals surface area contributed by atoms with Crippen LogP contribution in [0.1, 0.15) is 50.3 Å². The third kappa shape index (κ3) is 8.35. The van der Waals surface area contributed by atoms with Gasteiger partial charge in [-0.2, -0.15) is 5.10 Å². The number of hydrogen-bond donors (Lipinski definition) is 3. The summed E-state index contributed by atoms with van der Waals surface area (Å²) in [5.41, 5.74) is 9.91. The highest BCUT2D eigenvalue weighted by Crippen LogP contribution is 2.09. The van der Waals surface area contributed by atoms with Gasteiger partial charge in [-0.15, -0.1) is 0 Å². The van der Waals surface area contributed by atoms with Crippen LogP contribution < -0.4 is 11.6 Å². The number of nitrogens with one attached hydrogen (secondary N) is 1. The van der Waals surface area contributed by atoms with Crippen molar-refractivity contribution in [1.82, 2.24) is 9.97 Å². The summed E-state index contributed by atoms with van der Waals surface area (Å²) in [4.78, 5) is 11.5. The second kappa shape index (κ2) is 11.7. The van der Waals surface area contributed by atoms with Gasteiger partial charge in [-0.1, -0.05) is 54.8 Å². The maximum Gasteiger partial charge on any atom is 0.197 e. The number of nitrogens with zero attached hydrogens (tertiary/aromatic N) is 3. The van der Waals surface area contributed by atoms with Crippen molar-refractivity contribution >= 4 is 24.0 Å². The Morgan fingerprint density at radius 3 is 2.63 bits per heavy atom. The molecule has 0 spiro atoms. The van der Waals surface area contributed by atoms with E-state index in [4.69, 9.17) is 11.6 Å². The normalized spacial score (nSPS) is 12.8. The standard InChI is InChI=1S/C21H30N6/c1-17(13-18-9-5-4-6-10-18)14-24-15-20(27-23)12-8-3-2-7-11-19-16-25-21(22)26-19/h4-6,9-10,13,15-16H,2-3,7-8,11-12,14,23H2,1H3,(H3,22,25,26)/b17-13+,24-15?,27-20?. The Kier molecular flexibility index (Phi) is 8.83. The van der Waals surface area contributed by atoms with E-state index in [0.717, 1.165) is 49.9 Å². The number of nitrogens with two attached hydrogens (primary N) is 2. The molecule has 1 aromatic carbocycles. The van der Waals surface area contributed by atoms with Crippen LogP contribution in [0.2, 0.25) is 0 Å². The van der Waals surface area contributed by atoms with E-state index in [0.29, 0.717) is 12.5 Å². The summed E-state index contributed by atoms with van der Waals surface area (Å²) < 4.78 is 0. The Hall–Kier alpha value is -2.89. The molecule has 0 unspecified atom stereocenters. The van der Waals surface area contributed by atoms with Crippen molar-refractivity contribution in [3.8, 4) is 0 Å². The highest BCUT2D eigenvalue weighted by molar-refractivity contribution is 6.30. The molecule has 6 nitrogen and oxygen atoms in total. The minimum absolute atomic E-state index is 0.488. The summed E-state index contributed by atoms with van der Waals surface area (Å²) in [5.74, 6) is 5.98. The van der Waals surface area contributed by atoms with Crippen molar-refractivity contribution in [2.24, 2.45) is 15.9 Å². The zero-order chi connectivity index (χ0) is 19.3. The molecule has 2 rings (SSSR count). The lowest BCUT2D eigenvalue weighted by molar-refractivity contribution is 0.649. The first kappa shape index (κ1) is 20.4. The van der Waals surface area contributed by atoms with Crippen LogP contribution in [0.25, 0.3) is 6.08 Å². The quantitative estimate of drug-likeness (QED) is 0.242. The largest absolute Gasteiger partial charge is 0.369 e. The molecule has 0 radical (unpaired) electrons. The van der Waals surface area contributed by atoms with Crippen LogP contribution in [-0.2, 0) is 6.42 Å². The molecule has 6 heteroatoms. The SMILES string of the molecule is C/C(=C\c1ccccc1)CN=CC(CCCCCCc1cnc(N)[nH]1)=NN. The first-order chi connectivity index (χ1) is 13.2. The number of aromatic nitrogens is 2. The van der Waals surface area contributed by atoms with Gasteiger partial charge in [0.05, 0.1) is 18.5 Å². The molecule has 1 heterocycles. The lowest BCUT2D eigenvalue weighted by atomic mass is 10.1. The van der Waals surface area contributed by atoms with Crippen molar-refractivity contribution in [2.75, 3.05) is 12.3 Å². The number of aliphatic imine (C=N–C) groups is 1. The number of H-pyrrole nitrogens is 1. The molecular formula is C21H30N6. The van der Waals surface area contributed by atoms with E-state index in [-0.39, 0.29) is 0 Å². The molecule has 0 fully saturated rings. The molecule has 2 aromatic rings. The predicted molar refractivity (Wildman–Crippen MR) is 115 cm³/mol. The Bertz CT molecular complexity index is 758. The number of hydrazone groups is 1. The average Bonchev–Trinajstić information content (AvgIpc) is 3.09. The molecule has 0 amide bonds. The van der Waals surface area contributed by atoms with Gasteiger partial charge in [-0.05, 0) is 38.2 Å². The van der Waals surface area contributed by atoms with Gasteiger partial charge < -0.3 is 16.6 Å². The van der Waals surface area contributed by atoms with E-state index in [1.807, 2.05) is 18.2 Å². The third-order valence-corrected chi connectivity index (χ3v) is 4.24. The molecule has 0 aliphatic carbocycles. The van der Waals surface area contributed by atoms with Gasteiger partial charge in [0, 0.05) is 11.9 Å². The van der Waals surface area contributed by atoms with E-state index in [1.54, 1.807) is 12.4 Å². The highest BCUT2D eigenvalue weighted by atomic mass is 15.1. The smallest absolute Gasteiger partial charge is 0.197 e.